The van der Waals surface area contributed by atoms with E-state index in [1.54, 1.807) is 0 Å². The lowest BCUT2D eigenvalue weighted by Gasteiger charge is -2.31. The molecule has 1 aliphatic carbocycles. The first-order valence-corrected chi connectivity index (χ1v) is 6.82. The fourth-order valence-corrected chi connectivity index (χ4v) is 2.79. The molecule has 2 unspecified atom stereocenters. The van der Waals surface area contributed by atoms with Crippen LogP contribution in [0, 0.1) is 19.8 Å². The second kappa shape index (κ2) is 5.61. The SMILES string of the molecule is CCN(c1nnc(C)c(C)n1)C1CCCC1CN. The first-order chi connectivity index (χ1) is 8.67. The van der Waals surface area contributed by atoms with E-state index in [0.29, 0.717) is 12.0 Å². The summed E-state index contributed by atoms with van der Waals surface area (Å²) >= 11 is 0. The van der Waals surface area contributed by atoms with Gasteiger partial charge in [0.25, 0.3) is 0 Å². The Morgan fingerprint density at radius 3 is 2.61 bits per heavy atom. The van der Waals surface area contributed by atoms with Crippen LogP contribution in [0.15, 0.2) is 0 Å². The van der Waals surface area contributed by atoms with E-state index in [1.165, 1.54) is 19.3 Å². The Hall–Kier alpha value is -1.23. The number of aryl methyl sites for hydroxylation is 2. The smallest absolute Gasteiger partial charge is 0.245 e. The molecule has 1 heterocycles. The summed E-state index contributed by atoms with van der Waals surface area (Å²) < 4.78 is 0. The van der Waals surface area contributed by atoms with Gasteiger partial charge in [-0.25, -0.2) is 4.98 Å². The van der Waals surface area contributed by atoms with E-state index in [4.69, 9.17) is 5.73 Å². The van der Waals surface area contributed by atoms with Crippen molar-refractivity contribution in [3.63, 3.8) is 0 Å². The van der Waals surface area contributed by atoms with Crippen LogP contribution < -0.4 is 10.6 Å². The van der Waals surface area contributed by atoms with Gasteiger partial charge >= 0.3 is 0 Å². The minimum absolute atomic E-state index is 0.476. The quantitative estimate of drug-likeness (QED) is 0.874. The number of anilines is 1. The molecule has 0 radical (unpaired) electrons. The number of hydrogen-bond acceptors (Lipinski definition) is 5. The molecule has 1 fully saturated rings. The van der Waals surface area contributed by atoms with Crippen molar-refractivity contribution in [3.05, 3.63) is 11.4 Å². The van der Waals surface area contributed by atoms with Gasteiger partial charge in [0.15, 0.2) is 0 Å². The number of aromatic nitrogens is 3. The third-order valence-electron chi connectivity index (χ3n) is 4.00. The number of nitrogens with two attached hydrogens (primary N) is 1. The van der Waals surface area contributed by atoms with E-state index in [9.17, 15) is 0 Å². The lowest BCUT2D eigenvalue weighted by atomic mass is 10.0. The summed E-state index contributed by atoms with van der Waals surface area (Å²) in [5.41, 5.74) is 7.72. The highest BCUT2D eigenvalue weighted by Gasteiger charge is 2.32. The van der Waals surface area contributed by atoms with Crippen LogP contribution in [0.1, 0.15) is 37.6 Å². The van der Waals surface area contributed by atoms with Crippen molar-refractivity contribution in [1.29, 1.82) is 0 Å². The molecule has 0 saturated heterocycles. The van der Waals surface area contributed by atoms with Crippen LogP contribution >= 0.6 is 0 Å². The van der Waals surface area contributed by atoms with Crippen LogP contribution in [0.25, 0.3) is 0 Å². The monoisotopic (exact) mass is 249 g/mol. The van der Waals surface area contributed by atoms with Crippen molar-refractivity contribution in [2.45, 2.75) is 46.1 Å². The first kappa shape index (κ1) is 13.2. The molecule has 100 valence electrons. The summed E-state index contributed by atoms with van der Waals surface area (Å²) in [6.45, 7) is 7.72. The van der Waals surface area contributed by atoms with Crippen LogP contribution in [0.3, 0.4) is 0 Å². The van der Waals surface area contributed by atoms with E-state index in [0.717, 1.165) is 30.4 Å². The van der Waals surface area contributed by atoms with Gasteiger partial charge in [0, 0.05) is 12.6 Å². The lowest BCUT2D eigenvalue weighted by Crippen LogP contribution is -2.41. The number of nitrogens with zero attached hydrogens (tertiary/aromatic N) is 4. The topological polar surface area (TPSA) is 67.9 Å². The molecule has 2 atom stereocenters. The molecule has 5 heteroatoms. The summed E-state index contributed by atoms with van der Waals surface area (Å²) in [6, 6.07) is 0.476. The summed E-state index contributed by atoms with van der Waals surface area (Å²) in [7, 11) is 0. The summed E-state index contributed by atoms with van der Waals surface area (Å²) in [5, 5.41) is 8.43. The van der Waals surface area contributed by atoms with Gasteiger partial charge < -0.3 is 10.6 Å². The average molecular weight is 249 g/mol. The fraction of sp³-hybridized carbons (Fsp3) is 0.769. The Morgan fingerprint density at radius 1 is 1.22 bits per heavy atom. The molecule has 1 aliphatic rings. The van der Waals surface area contributed by atoms with E-state index >= 15 is 0 Å². The number of hydrogen-bond donors (Lipinski definition) is 1. The van der Waals surface area contributed by atoms with E-state index in [-0.39, 0.29) is 0 Å². The minimum atomic E-state index is 0.476. The van der Waals surface area contributed by atoms with Crippen molar-refractivity contribution in [3.8, 4) is 0 Å². The van der Waals surface area contributed by atoms with Crippen molar-refractivity contribution in [2.24, 2.45) is 11.7 Å². The van der Waals surface area contributed by atoms with Crippen LogP contribution in [-0.2, 0) is 0 Å². The molecule has 5 nitrogen and oxygen atoms in total. The molecule has 0 bridgehead atoms. The second-order valence-electron chi connectivity index (χ2n) is 5.06. The standard InChI is InChI=1S/C13H23N5/c1-4-18(12-7-5-6-11(12)8-14)13-15-9(2)10(3)16-17-13/h11-12H,4-8,14H2,1-3H3. The van der Waals surface area contributed by atoms with Crippen molar-refractivity contribution in [1.82, 2.24) is 15.2 Å². The summed E-state index contributed by atoms with van der Waals surface area (Å²) in [5.74, 6) is 1.32. The lowest BCUT2D eigenvalue weighted by molar-refractivity contribution is 0.455. The zero-order valence-corrected chi connectivity index (χ0v) is 11.6. The Morgan fingerprint density at radius 2 is 2.00 bits per heavy atom. The van der Waals surface area contributed by atoms with Crippen LogP contribution in [0.2, 0.25) is 0 Å². The molecule has 18 heavy (non-hydrogen) atoms. The fourth-order valence-electron chi connectivity index (χ4n) is 2.79. The second-order valence-corrected chi connectivity index (χ2v) is 5.06. The molecule has 0 aromatic carbocycles. The van der Waals surface area contributed by atoms with Crippen molar-refractivity contribution < 1.29 is 0 Å². The molecule has 0 amide bonds. The van der Waals surface area contributed by atoms with Gasteiger partial charge in [-0.05, 0) is 46.1 Å². The molecule has 0 spiro atoms. The summed E-state index contributed by atoms with van der Waals surface area (Å²) in [4.78, 5) is 6.84. The Kier molecular flexibility index (Phi) is 4.11. The highest BCUT2D eigenvalue weighted by atomic mass is 15.3. The molecule has 1 aromatic rings. The Balaban J connectivity index is 2.24. The molecule has 2 rings (SSSR count). The largest absolute Gasteiger partial charge is 0.336 e. The van der Waals surface area contributed by atoms with E-state index in [2.05, 4.69) is 27.0 Å². The molecular weight excluding hydrogens is 226 g/mol. The van der Waals surface area contributed by atoms with Crippen LogP contribution in [-0.4, -0.2) is 34.3 Å². The maximum absolute atomic E-state index is 5.87. The molecular formula is C13H23N5. The zero-order valence-electron chi connectivity index (χ0n) is 11.6. The van der Waals surface area contributed by atoms with Crippen LogP contribution in [0.4, 0.5) is 5.95 Å². The first-order valence-electron chi connectivity index (χ1n) is 6.82. The van der Waals surface area contributed by atoms with Crippen LogP contribution in [0.5, 0.6) is 0 Å². The van der Waals surface area contributed by atoms with Gasteiger partial charge in [0.1, 0.15) is 0 Å². The van der Waals surface area contributed by atoms with Gasteiger partial charge in [-0.3, -0.25) is 0 Å². The molecule has 2 N–H and O–H groups in total. The maximum atomic E-state index is 5.87. The normalized spacial score (nSPS) is 23.3. The third-order valence-corrected chi connectivity index (χ3v) is 4.00. The Bertz CT molecular complexity index is 406. The van der Waals surface area contributed by atoms with Gasteiger partial charge in [-0.15, -0.1) is 5.10 Å². The van der Waals surface area contributed by atoms with E-state index in [1.807, 2.05) is 13.8 Å². The van der Waals surface area contributed by atoms with Gasteiger partial charge in [-0.2, -0.15) is 5.10 Å². The summed E-state index contributed by atoms with van der Waals surface area (Å²) in [6.07, 6.45) is 3.66. The predicted molar refractivity (Wildman–Crippen MR) is 72.5 cm³/mol. The highest BCUT2D eigenvalue weighted by molar-refractivity contribution is 5.32. The average Bonchev–Trinajstić information content (AvgIpc) is 2.83. The molecule has 0 aliphatic heterocycles. The van der Waals surface area contributed by atoms with Gasteiger partial charge in [-0.1, -0.05) is 6.42 Å². The third kappa shape index (κ3) is 2.46. The van der Waals surface area contributed by atoms with Gasteiger partial charge in [0.2, 0.25) is 5.95 Å². The van der Waals surface area contributed by atoms with Crippen molar-refractivity contribution in [2.75, 3.05) is 18.0 Å². The van der Waals surface area contributed by atoms with E-state index < -0.39 is 0 Å². The highest BCUT2D eigenvalue weighted by Crippen LogP contribution is 2.30. The number of rotatable bonds is 4. The Labute approximate surface area is 109 Å². The molecule has 1 aromatic heterocycles. The zero-order chi connectivity index (χ0) is 13.1. The van der Waals surface area contributed by atoms with Crippen molar-refractivity contribution >= 4 is 5.95 Å². The van der Waals surface area contributed by atoms with Gasteiger partial charge in [0.05, 0.1) is 11.4 Å². The predicted octanol–water partition coefficient (Wildman–Crippen LogP) is 1.44. The minimum Gasteiger partial charge on any atom is -0.336 e. The molecule has 1 saturated carbocycles. The maximum Gasteiger partial charge on any atom is 0.245 e.